The van der Waals surface area contributed by atoms with Gasteiger partial charge in [-0.25, -0.2) is 4.79 Å². The largest absolute Gasteiger partial charge is 0.507 e. The fourth-order valence-electron chi connectivity index (χ4n) is 3.56. The fourth-order valence-corrected chi connectivity index (χ4v) is 3.56. The minimum Gasteiger partial charge on any atom is -0.507 e. The summed E-state index contributed by atoms with van der Waals surface area (Å²) in [7, 11) is 1.89. The molecule has 0 bridgehead atoms. The van der Waals surface area contributed by atoms with Crippen LogP contribution in [0.2, 0.25) is 0 Å². The molecule has 2 heterocycles. The van der Waals surface area contributed by atoms with E-state index in [-0.39, 0.29) is 17.3 Å². The molecule has 0 unspecified atom stereocenters. The zero-order valence-electron chi connectivity index (χ0n) is 14.7. The van der Waals surface area contributed by atoms with Gasteiger partial charge < -0.3 is 14.4 Å². The van der Waals surface area contributed by atoms with Gasteiger partial charge in [0.15, 0.2) is 0 Å². The number of aromatic hydroxyl groups is 1. The van der Waals surface area contributed by atoms with Crippen molar-refractivity contribution in [2.45, 2.75) is 32.7 Å². The predicted octanol–water partition coefficient (Wildman–Crippen LogP) is 2.92. The highest BCUT2D eigenvalue weighted by molar-refractivity contribution is 6.06. The van der Waals surface area contributed by atoms with Crippen LogP contribution in [0.3, 0.4) is 0 Å². The Kier molecular flexibility index (Phi) is 4.95. The number of carbonyl (C=O) groups is 1. The van der Waals surface area contributed by atoms with Crippen LogP contribution < -0.4 is 0 Å². The van der Waals surface area contributed by atoms with Gasteiger partial charge in [0.25, 0.3) is 0 Å². The van der Waals surface area contributed by atoms with Crippen LogP contribution in [-0.4, -0.2) is 40.2 Å². The number of phenols is 1. The normalized spacial score (nSPS) is 15.2. The molecule has 2 aromatic rings. The van der Waals surface area contributed by atoms with Crippen LogP contribution in [0.25, 0.3) is 10.9 Å². The monoisotopic (exact) mass is 341 g/mol. The number of fused-ring (bicyclic) bond motifs is 1. The number of nitrogens with zero attached hydrogens (tertiary/aromatic N) is 3. The first-order valence-corrected chi connectivity index (χ1v) is 8.70. The Balaban J connectivity index is 2.15. The first-order chi connectivity index (χ1) is 12.1. The summed E-state index contributed by atoms with van der Waals surface area (Å²) in [6, 6.07) is 5.12. The van der Waals surface area contributed by atoms with Crippen LogP contribution in [0.5, 0.6) is 5.75 Å². The van der Waals surface area contributed by atoms with Crippen molar-refractivity contribution in [1.82, 2.24) is 9.47 Å². The van der Waals surface area contributed by atoms with Gasteiger partial charge in [0.05, 0.1) is 23.3 Å². The first-order valence-electron chi connectivity index (χ1n) is 8.70. The molecule has 25 heavy (non-hydrogen) atoms. The smallest absolute Gasteiger partial charge is 0.340 e. The Bertz CT molecular complexity index is 842. The molecular formula is C19H23N3O3. The van der Waals surface area contributed by atoms with E-state index in [1.807, 2.05) is 17.7 Å². The number of phenolic OH excluding ortho intramolecular Hbond substituents is 1. The number of aromatic nitrogens is 1. The van der Waals surface area contributed by atoms with E-state index in [0.717, 1.165) is 37.1 Å². The van der Waals surface area contributed by atoms with Gasteiger partial charge in [-0.15, -0.1) is 0 Å². The maximum atomic E-state index is 12.6. The van der Waals surface area contributed by atoms with Gasteiger partial charge >= 0.3 is 5.97 Å². The van der Waals surface area contributed by atoms with Gasteiger partial charge in [-0.2, -0.15) is 5.26 Å². The maximum absolute atomic E-state index is 12.6. The highest BCUT2D eigenvalue weighted by Gasteiger charge is 2.25. The van der Waals surface area contributed by atoms with E-state index in [9.17, 15) is 15.2 Å². The van der Waals surface area contributed by atoms with Crippen molar-refractivity contribution in [3.8, 4) is 11.8 Å². The van der Waals surface area contributed by atoms with Crippen molar-refractivity contribution < 1.29 is 14.6 Å². The lowest BCUT2D eigenvalue weighted by atomic mass is 10.1. The number of piperidine rings is 1. The molecule has 1 aromatic carbocycles. The van der Waals surface area contributed by atoms with E-state index < -0.39 is 0 Å². The van der Waals surface area contributed by atoms with Crippen molar-refractivity contribution in [1.29, 1.82) is 5.26 Å². The minimum atomic E-state index is -0.385. The summed E-state index contributed by atoms with van der Waals surface area (Å²) >= 11 is 0. The molecular weight excluding hydrogens is 318 g/mol. The fraction of sp³-hybridized carbons (Fsp3) is 0.474. The molecule has 1 aromatic heterocycles. The van der Waals surface area contributed by atoms with Crippen molar-refractivity contribution in [3.05, 3.63) is 29.0 Å². The first kappa shape index (κ1) is 17.3. The molecule has 0 atom stereocenters. The van der Waals surface area contributed by atoms with Crippen LogP contribution in [0.1, 0.15) is 47.8 Å². The van der Waals surface area contributed by atoms with Gasteiger partial charge in [-0.1, -0.05) is 6.42 Å². The van der Waals surface area contributed by atoms with E-state index >= 15 is 0 Å². The average Bonchev–Trinajstić information content (AvgIpc) is 2.87. The van der Waals surface area contributed by atoms with Gasteiger partial charge in [-0.05, 0) is 45.0 Å². The number of esters is 1. The van der Waals surface area contributed by atoms with Crippen molar-refractivity contribution >= 4 is 16.9 Å². The molecule has 1 saturated heterocycles. The van der Waals surface area contributed by atoms with E-state index in [1.54, 1.807) is 13.0 Å². The molecule has 6 heteroatoms. The lowest BCUT2D eigenvalue weighted by Gasteiger charge is -2.27. The van der Waals surface area contributed by atoms with Crippen LogP contribution >= 0.6 is 0 Å². The quantitative estimate of drug-likeness (QED) is 0.865. The Morgan fingerprint density at radius 1 is 1.32 bits per heavy atom. The van der Waals surface area contributed by atoms with Gasteiger partial charge in [-0.3, -0.25) is 4.90 Å². The van der Waals surface area contributed by atoms with Crippen LogP contribution in [0.4, 0.5) is 0 Å². The number of likely N-dealkylation sites (tertiary alicyclic amines) is 1. The summed E-state index contributed by atoms with van der Waals surface area (Å²) in [6.07, 6.45) is 3.58. The van der Waals surface area contributed by atoms with Crippen LogP contribution in [-0.2, 0) is 18.3 Å². The molecule has 132 valence electrons. The van der Waals surface area contributed by atoms with E-state index in [0.29, 0.717) is 24.1 Å². The third-order valence-corrected chi connectivity index (χ3v) is 4.86. The standard InChI is InChI=1S/C19H23N3O3/c1-3-25-19(24)18-14-10-17(23)13(11-20)9-15(14)21(2)16(18)12-22-7-5-4-6-8-22/h9-10,23H,3-8,12H2,1-2H3. The Hall–Kier alpha value is -2.52. The number of hydrogen-bond donors (Lipinski definition) is 1. The number of benzene rings is 1. The number of ether oxygens (including phenoxy) is 1. The summed E-state index contributed by atoms with van der Waals surface area (Å²) in [5.41, 5.74) is 2.31. The number of nitriles is 1. The lowest BCUT2D eigenvalue weighted by molar-refractivity contribution is 0.0525. The van der Waals surface area contributed by atoms with Gasteiger partial charge in [0.2, 0.25) is 0 Å². The number of aryl methyl sites for hydroxylation is 1. The molecule has 0 amide bonds. The summed E-state index contributed by atoms with van der Waals surface area (Å²) in [5, 5.41) is 19.9. The summed E-state index contributed by atoms with van der Waals surface area (Å²) in [6.45, 7) is 4.75. The maximum Gasteiger partial charge on any atom is 0.340 e. The van der Waals surface area contributed by atoms with Crippen molar-refractivity contribution in [2.24, 2.45) is 7.05 Å². The molecule has 1 N–H and O–H groups in total. The van der Waals surface area contributed by atoms with E-state index in [1.165, 1.54) is 12.5 Å². The lowest BCUT2D eigenvalue weighted by Crippen LogP contribution is -2.30. The van der Waals surface area contributed by atoms with E-state index in [4.69, 9.17) is 4.74 Å². The molecule has 1 fully saturated rings. The molecule has 0 radical (unpaired) electrons. The molecule has 0 saturated carbocycles. The summed E-state index contributed by atoms with van der Waals surface area (Å²) < 4.78 is 7.20. The number of rotatable bonds is 4. The van der Waals surface area contributed by atoms with Gasteiger partial charge in [0, 0.05) is 24.7 Å². The highest BCUT2D eigenvalue weighted by Crippen LogP contribution is 2.32. The Morgan fingerprint density at radius 3 is 2.68 bits per heavy atom. The molecule has 3 rings (SSSR count). The number of hydrogen-bond acceptors (Lipinski definition) is 5. The zero-order valence-corrected chi connectivity index (χ0v) is 14.7. The highest BCUT2D eigenvalue weighted by atomic mass is 16.5. The zero-order chi connectivity index (χ0) is 18.0. The predicted molar refractivity (Wildman–Crippen MR) is 94.4 cm³/mol. The van der Waals surface area contributed by atoms with Crippen LogP contribution in [0, 0.1) is 11.3 Å². The van der Waals surface area contributed by atoms with Crippen molar-refractivity contribution in [3.63, 3.8) is 0 Å². The average molecular weight is 341 g/mol. The second-order valence-electron chi connectivity index (χ2n) is 6.44. The molecule has 6 nitrogen and oxygen atoms in total. The number of carbonyl (C=O) groups excluding carboxylic acids is 1. The molecule has 1 aliphatic rings. The summed E-state index contributed by atoms with van der Waals surface area (Å²) in [5.74, 6) is -0.500. The topological polar surface area (TPSA) is 78.5 Å². The third-order valence-electron chi connectivity index (χ3n) is 4.86. The van der Waals surface area contributed by atoms with Crippen molar-refractivity contribution in [2.75, 3.05) is 19.7 Å². The minimum absolute atomic E-state index is 0.115. The van der Waals surface area contributed by atoms with E-state index in [2.05, 4.69) is 4.90 Å². The molecule has 0 spiro atoms. The Morgan fingerprint density at radius 2 is 2.04 bits per heavy atom. The molecule has 1 aliphatic heterocycles. The third kappa shape index (κ3) is 3.20. The summed E-state index contributed by atoms with van der Waals surface area (Å²) in [4.78, 5) is 14.9. The van der Waals surface area contributed by atoms with Crippen LogP contribution in [0.15, 0.2) is 12.1 Å². The second-order valence-corrected chi connectivity index (χ2v) is 6.44. The van der Waals surface area contributed by atoms with Gasteiger partial charge in [0.1, 0.15) is 11.8 Å². The second kappa shape index (κ2) is 7.16. The Labute approximate surface area is 147 Å². The SMILES string of the molecule is CCOC(=O)c1c(CN2CCCCC2)n(C)c2cc(C#N)c(O)cc12. The molecule has 0 aliphatic carbocycles.